The Bertz CT molecular complexity index is 2800. The Morgan fingerprint density at radius 2 is 1.48 bits per heavy atom. The highest BCUT2D eigenvalue weighted by Crippen LogP contribution is 2.50. The number of sulfonamides is 2. The number of benzene rings is 4. The van der Waals surface area contributed by atoms with Crippen molar-refractivity contribution in [1.29, 1.82) is 0 Å². The summed E-state index contributed by atoms with van der Waals surface area (Å²) in [4.78, 5) is 28.5. The highest BCUT2D eigenvalue weighted by atomic mass is 32.3. The summed E-state index contributed by atoms with van der Waals surface area (Å²) in [5, 5.41) is 8.78. The second kappa shape index (κ2) is 20.1. The zero-order valence-corrected chi connectivity index (χ0v) is 42.1. The van der Waals surface area contributed by atoms with Crippen molar-refractivity contribution in [3.05, 3.63) is 129 Å². The number of thioether (sulfide) groups is 1. The number of carbonyl (C=O) groups excluding carboxylic acids is 2. The molecule has 0 saturated heterocycles. The Balaban J connectivity index is 1.32. The van der Waals surface area contributed by atoms with Crippen LogP contribution in [0.25, 0.3) is 0 Å². The van der Waals surface area contributed by atoms with E-state index in [0.29, 0.717) is 36.1 Å². The highest BCUT2D eigenvalue weighted by molar-refractivity contribution is 8.28. The molecule has 4 aromatic rings. The molecule has 1 unspecified atom stereocenters. The van der Waals surface area contributed by atoms with E-state index in [1.54, 1.807) is 37.3 Å². The average Bonchev–Trinajstić information content (AvgIpc) is 3.50. The first-order valence-corrected chi connectivity index (χ1v) is 28.8. The molecule has 15 nitrogen and oxygen atoms in total. The molecular formula is C46H56N4O11S4Si. The molecule has 20 heteroatoms. The number of esters is 1. The van der Waals surface area contributed by atoms with Gasteiger partial charge in [0.1, 0.15) is 19.1 Å². The first-order chi connectivity index (χ1) is 31.0. The standard InChI is InChI=1S/C46H56N4O11S4Si/c1-8-10-26-48-38-28-33(29-40(64(47,55)56)42(38)61-34-20-14-11-15-21-34)43(51)59-32(4)60-45(52)50(9-2)39-30-41(62-44-37(39)27-31(3)63(44,53)54)65(57,58)49-66(46(5,6)7,35-22-16-12-17-23-35)36-24-18-13-19-25-36/h11-25,28-32,39,48-49H,8-10,26-27H2,1-7H3,(H2,47,55,56)/t31-,32?,39-/m0/s1. The molecule has 0 fully saturated rings. The fraction of sp³-hybridized carbons (Fsp3) is 0.348. The van der Waals surface area contributed by atoms with Crippen molar-refractivity contribution in [3.8, 4) is 11.5 Å². The quantitative estimate of drug-likeness (QED) is 0.0415. The van der Waals surface area contributed by atoms with Crippen molar-refractivity contribution in [2.45, 2.75) is 95.2 Å². The zero-order chi connectivity index (χ0) is 48.2. The van der Waals surface area contributed by atoms with E-state index in [0.717, 1.165) is 22.9 Å². The van der Waals surface area contributed by atoms with E-state index >= 15 is 0 Å². The fourth-order valence-corrected chi connectivity index (χ4v) is 21.1. The minimum absolute atomic E-state index is 0.0284. The second-order valence-electron chi connectivity index (χ2n) is 17.0. The number of rotatable bonds is 17. The van der Waals surface area contributed by atoms with Gasteiger partial charge in [0.15, 0.2) is 15.6 Å². The summed E-state index contributed by atoms with van der Waals surface area (Å²) < 4.78 is 104. The Labute approximate surface area is 393 Å². The van der Waals surface area contributed by atoms with Crippen molar-refractivity contribution in [3.63, 3.8) is 0 Å². The third-order valence-electron chi connectivity index (χ3n) is 11.3. The van der Waals surface area contributed by atoms with Crippen LogP contribution >= 0.6 is 11.8 Å². The average molecular weight is 997 g/mol. The van der Waals surface area contributed by atoms with Crippen molar-refractivity contribution < 1.29 is 49.1 Å². The van der Waals surface area contributed by atoms with Gasteiger partial charge < -0.3 is 19.5 Å². The second-order valence-corrected chi connectivity index (χ2v) is 28.8. The number of ether oxygens (including phenoxy) is 3. The van der Waals surface area contributed by atoms with Crippen LogP contribution < -0.4 is 30.0 Å². The molecule has 0 spiro atoms. The number of carbonyl (C=O) groups is 2. The summed E-state index contributed by atoms with van der Waals surface area (Å²) in [5.74, 6) is -0.879. The summed E-state index contributed by atoms with van der Waals surface area (Å²) >= 11 is 0.647. The van der Waals surface area contributed by atoms with E-state index < -0.39 is 77.7 Å². The molecule has 2 heterocycles. The normalized spacial score (nSPS) is 17.8. The van der Waals surface area contributed by atoms with Crippen LogP contribution in [0.1, 0.15) is 78.1 Å². The van der Waals surface area contributed by atoms with Gasteiger partial charge in [-0.2, -0.15) is 0 Å². The predicted molar refractivity (Wildman–Crippen MR) is 261 cm³/mol. The van der Waals surface area contributed by atoms with Crippen molar-refractivity contribution >= 4 is 78.0 Å². The smallest absolute Gasteiger partial charge is 0.413 e. The van der Waals surface area contributed by atoms with E-state index in [4.69, 9.17) is 19.3 Å². The van der Waals surface area contributed by atoms with Crippen LogP contribution in [0.5, 0.6) is 11.5 Å². The molecule has 4 aromatic carbocycles. The molecule has 0 radical (unpaired) electrons. The lowest BCUT2D eigenvalue weighted by molar-refractivity contribution is -0.0698. The third kappa shape index (κ3) is 10.6. The maximum absolute atomic E-state index is 15.0. The molecule has 0 aliphatic carbocycles. The predicted octanol–water partition coefficient (Wildman–Crippen LogP) is 7.15. The number of amides is 1. The summed E-state index contributed by atoms with van der Waals surface area (Å²) in [7, 11) is -16.5. The summed E-state index contributed by atoms with van der Waals surface area (Å²) in [6.45, 7) is 12.6. The largest absolute Gasteiger partial charge is 0.454 e. The highest BCUT2D eigenvalue weighted by Gasteiger charge is 2.53. The number of nitrogens with one attached hydrogen (secondary N) is 2. The maximum atomic E-state index is 15.0. The van der Waals surface area contributed by atoms with Gasteiger partial charge in [0, 0.05) is 20.0 Å². The van der Waals surface area contributed by atoms with Crippen molar-refractivity contribution in [1.82, 2.24) is 9.29 Å². The number of likely N-dealkylation sites (N-methyl/N-ethyl adjacent to an activating group) is 1. The summed E-state index contributed by atoms with van der Waals surface area (Å²) in [6, 6.07) is 28.2. The molecule has 2 aliphatic heterocycles. The third-order valence-corrected chi connectivity index (χ3v) is 24.5. The van der Waals surface area contributed by atoms with Gasteiger partial charge in [0.25, 0.3) is 0 Å². The van der Waals surface area contributed by atoms with Gasteiger partial charge in [-0.25, -0.2) is 44.4 Å². The molecule has 4 N–H and O–H groups in total. The first-order valence-electron chi connectivity index (χ1n) is 21.4. The zero-order valence-electron chi connectivity index (χ0n) is 37.8. The number of hydrogen-bond acceptors (Lipinski definition) is 13. The number of nitrogens with two attached hydrogens (primary N) is 1. The Kier molecular flexibility index (Phi) is 15.4. The fourth-order valence-electron chi connectivity index (χ4n) is 8.01. The minimum Gasteiger partial charge on any atom is -0.454 e. The Morgan fingerprint density at radius 1 is 0.909 bits per heavy atom. The van der Waals surface area contributed by atoms with Crippen molar-refractivity contribution in [2.24, 2.45) is 5.14 Å². The van der Waals surface area contributed by atoms with Gasteiger partial charge in [0.2, 0.25) is 34.6 Å². The van der Waals surface area contributed by atoms with Crippen LogP contribution in [-0.4, -0.2) is 81.1 Å². The van der Waals surface area contributed by atoms with Gasteiger partial charge in [-0.1, -0.05) is 125 Å². The number of anilines is 1. The van der Waals surface area contributed by atoms with E-state index in [2.05, 4.69) is 9.70 Å². The van der Waals surface area contributed by atoms with Gasteiger partial charge in [-0.05, 0) is 78.0 Å². The number of unbranched alkanes of at least 4 members (excludes halogenated alkanes) is 1. The molecule has 0 bridgehead atoms. The minimum atomic E-state index is -4.52. The number of para-hydroxylation sites is 1. The molecule has 3 atom stereocenters. The molecule has 66 heavy (non-hydrogen) atoms. The molecule has 0 saturated carbocycles. The van der Waals surface area contributed by atoms with Gasteiger partial charge >= 0.3 is 12.1 Å². The molecule has 1 amide bonds. The summed E-state index contributed by atoms with van der Waals surface area (Å²) in [5.41, 5.74) is 0.232. The Morgan fingerprint density at radius 3 is 2.02 bits per heavy atom. The SMILES string of the molecule is CCCCNc1cc(C(=O)OC(C)OC(=O)N(CC)[C@H]2C=C(S(=O)(=O)N[Si](c3ccccc3)(c3ccccc3)C(C)(C)C)SC3=C2C[C@H](C)S3(=O)=O)cc(S(N)(=O)=O)c1Oc1ccccc1. The van der Waals surface area contributed by atoms with Crippen LogP contribution in [0.2, 0.25) is 5.04 Å². The Hall–Kier alpha value is -4.96. The van der Waals surface area contributed by atoms with Crippen LogP contribution in [0, 0.1) is 0 Å². The lowest BCUT2D eigenvalue weighted by Gasteiger charge is -2.44. The topological polar surface area (TPSA) is 218 Å². The lowest BCUT2D eigenvalue weighted by Crippen LogP contribution is -2.74. The van der Waals surface area contributed by atoms with E-state index in [-0.39, 0.29) is 38.4 Å². The van der Waals surface area contributed by atoms with E-state index in [1.807, 2.05) is 88.4 Å². The van der Waals surface area contributed by atoms with Crippen LogP contribution in [0.15, 0.2) is 128 Å². The van der Waals surface area contributed by atoms with Crippen LogP contribution in [0.3, 0.4) is 0 Å². The molecule has 6 rings (SSSR count). The van der Waals surface area contributed by atoms with Gasteiger partial charge in [0.05, 0.1) is 22.5 Å². The lowest BCUT2D eigenvalue weighted by atomic mass is 10.0. The number of nitrogens with zero attached hydrogens (tertiary/aromatic N) is 1. The monoisotopic (exact) mass is 996 g/mol. The number of primary sulfonamides is 1. The van der Waals surface area contributed by atoms with Crippen molar-refractivity contribution in [2.75, 3.05) is 18.4 Å². The van der Waals surface area contributed by atoms with Crippen LogP contribution in [0.4, 0.5) is 10.5 Å². The number of hydrogen-bond donors (Lipinski definition) is 3. The molecule has 0 aromatic heterocycles. The number of sulfone groups is 1. The first kappa shape index (κ1) is 50.4. The van der Waals surface area contributed by atoms with Gasteiger partial charge in [-0.15, -0.1) is 0 Å². The van der Waals surface area contributed by atoms with E-state index in [1.165, 1.54) is 30.9 Å². The molecule has 354 valence electrons. The van der Waals surface area contributed by atoms with E-state index in [9.17, 15) is 34.8 Å². The van der Waals surface area contributed by atoms with Gasteiger partial charge in [-0.3, -0.25) is 4.90 Å². The van der Waals surface area contributed by atoms with Crippen LogP contribution in [-0.2, 0) is 39.4 Å². The molecule has 2 aliphatic rings. The maximum Gasteiger partial charge on any atom is 0.413 e. The summed E-state index contributed by atoms with van der Waals surface area (Å²) in [6.07, 6.45) is 0.302. The molecular weight excluding hydrogens is 941 g/mol.